The highest BCUT2D eigenvalue weighted by Gasteiger charge is 2.49. The summed E-state index contributed by atoms with van der Waals surface area (Å²) in [5.41, 5.74) is 0.772. The van der Waals surface area contributed by atoms with E-state index in [1.54, 1.807) is 11.1 Å². The van der Waals surface area contributed by atoms with Crippen LogP contribution in [0.2, 0.25) is 0 Å². The second-order valence-electron chi connectivity index (χ2n) is 6.46. The molecule has 1 saturated heterocycles. The number of sulfone groups is 1. The Balaban J connectivity index is 1.73. The number of rotatable bonds is 1. The Bertz CT molecular complexity index is 681. The van der Waals surface area contributed by atoms with Crippen LogP contribution in [0.15, 0.2) is 12.4 Å². The van der Waals surface area contributed by atoms with Gasteiger partial charge in [0.1, 0.15) is 0 Å². The Kier molecular flexibility index (Phi) is 4.27. The summed E-state index contributed by atoms with van der Waals surface area (Å²) in [6, 6.07) is -0.303. The molecule has 1 aliphatic heterocycles. The molecule has 0 unspecified atom stereocenters. The van der Waals surface area contributed by atoms with Crippen LogP contribution >= 0.6 is 0 Å². The number of hydrogen-bond acceptors (Lipinski definition) is 5. The highest BCUT2D eigenvalue weighted by Crippen LogP contribution is 2.38. The van der Waals surface area contributed by atoms with Crippen LogP contribution in [0, 0.1) is 6.92 Å². The number of aromatic nitrogens is 2. The molecule has 1 aromatic rings. The van der Waals surface area contributed by atoms with Gasteiger partial charge in [-0.3, -0.25) is 10.3 Å². The number of carbonyl (C=O) groups excluding carboxylic acids is 1. The van der Waals surface area contributed by atoms with Crippen molar-refractivity contribution in [2.75, 3.05) is 24.2 Å². The molecule has 1 aromatic heterocycles. The maximum atomic E-state index is 12.5. The van der Waals surface area contributed by atoms with Gasteiger partial charge in [0.05, 0.1) is 28.6 Å². The van der Waals surface area contributed by atoms with Gasteiger partial charge < -0.3 is 4.90 Å². The van der Waals surface area contributed by atoms with Crippen LogP contribution < -0.4 is 5.32 Å². The summed E-state index contributed by atoms with van der Waals surface area (Å²) in [6.07, 6.45) is 7.30. The van der Waals surface area contributed by atoms with Gasteiger partial charge in [-0.25, -0.2) is 18.2 Å². The standard InChI is InChI=1S/C15H22N4O3S/c1-12-9-17-13(10-16-12)18-14(20)19-7-8-23(21,22)15(11-19)5-3-2-4-6-15/h9-10H,2-8,11H2,1H3,(H,17,18,20). The van der Waals surface area contributed by atoms with E-state index in [2.05, 4.69) is 15.3 Å². The minimum atomic E-state index is -3.14. The number of nitrogens with zero attached hydrogens (tertiary/aromatic N) is 3. The fourth-order valence-corrected chi connectivity index (χ4v) is 5.61. The van der Waals surface area contributed by atoms with E-state index in [0.29, 0.717) is 18.7 Å². The minimum Gasteiger partial charge on any atom is -0.322 e. The quantitative estimate of drug-likeness (QED) is 0.842. The van der Waals surface area contributed by atoms with E-state index in [0.717, 1.165) is 25.0 Å². The Morgan fingerprint density at radius 3 is 2.61 bits per heavy atom. The van der Waals surface area contributed by atoms with Gasteiger partial charge in [0, 0.05) is 13.1 Å². The van der Waals surface area contributed by atoms with E-state index >= 15 is 0 Å². The summed E-state index contributed by atoms with van der Waals surface area (Å²) in [6.45, 7) is 2.33. The summed E-state index contributed by atoms with van der Waals surface area (Å²) in [4.78, 5) is 22.2. The zero-order chi connectivity index (χ0) is 16.5. The number of amides is 2. The fraction of sp³-hybridized carbons (Fsp3) is 0.667. The van der Waals surface area contributed by atoms with Crippen molar-refractivity contribution >= 4 is 21.7 Å². The van der Waals surface area contributed by atoms with Crippen LogP contribution in [-0.4, -0.2) is 52.9 Å². The van der Waals surface area contributed by atoms with Crippen molar-refractivity contribution < 1.29 is 13.2 Å². The zero-order valence-corrected chi connectivity index (χ0v) is 14.1. The maximum absolute atomic E-state index is 12.5. The van der Waals surface area contributed by atoms with Gasteiger partial charge in [-0.1, -0.05) is 19.3 Å². The smallest absolute Gasteiger partial charge is 0.322 e. The number of carbonyl (C=O) groups is 1. The second-order valence-corrected chi connectivity index (χ2v) is 8.96. The lowest BCUT2D eigenvalue weighted by molar-refractivity contribution is 0.193. The van der Waals surface area contributed by atoms with Crippen molar-refractivity contribution in [3.8, 4) is 0 Å². The molecule has 2 fully saturated rings. The third kappa shape index (κ3) is 3.17. The Hall–Kier alpha value is -1.70. The summed E-state index contributed by atoms with van der Waals surface area (Å²) >= 11 is 0. The lowest BCUT2D eigenvalue weighted by atomic mass is 9.87. The predicted octanol–water partition coefficient (Wildman–Crippen LogP) is 1.75. The van der Waals surface area contributed by atoms with Crippen molar-refractivity contribution in [3.63, 3.8) is 0 Å². The van der Waals surface area contributed by atoms with Crippen molar-refractivity contribution in [1.82, 2.24) is 14.9 Å². The summed E-state index contributed by atoms with van der Waals surface area (Å²) in [5.74, 6) is 0.423. The maximum Gasteiger partial charge on any atom is 0.323 e. The zero-order valence-electron chi connectivity index (χ0n) is 13.3. The highest BCUT2D eigenvalue weighted by molar-refractivity contribution is 7.92. The number of hydrogen-bond donors (Lipinski definition) is 1. The molecule has 0 bridgehead atoms. The second kappa shape index (κ2) is 6.07. The molecule has 2 aliphatic rings. The van der Waals surface area contributed by atoms with Crippen molar-refractivity contribution in [2.24, 2.45) is 0 Å². The first-order valence-electron chi connectivity index (χ1n) is 7.99. The molecule has 1 saturated carbocycles. The number of nitrogens with one attached hydrogen (secondary N) is 1. The molecule has 126 valence electrons. The average molecular weight is 338 g/mol. The molecule has 1 N–H and O–H groups in total. The van der Waals surface area contributed by atoms with Gasteiger partial charge in [0.2, 0.25) is 0 Å². The van der Waals surface area contributed by atoms with E-state index in [9.17, 15) is 13.2 Å². The molecule has 1 aliphatic carbocycles. The SMILES string of the molecule is Cc1cnc(NC(=O)N2CCS(=O)(=O)C3(CCCCC3)C2)cn1. The third-order valence-electron chi connectivity index (χ3n) is 4.84. The fourth-order valence-electron chi connectivity index (χ4n) is 3.46. The molecule has 0 radical (unpaired) electrons. The van der Waals surface area contributed by atoms with E-state index in [1.165, 1.54) is 6.20 Å². The molecule has 7 nitrogen and oxygen atoms in total. The van der Waals surface area contributed by atoms with Crippen LogP contribution in [0.5, 0.6) is 0 Å². The van der Waals surface area contributed by atoms with Gasteiger partial charge in [-0.2, -0.15) is 0 Å². The molecule has 0 aromatic carbocycles. The Labute approximate surface area is 136 Å². The normalized spacial score (nSPS) is 22.7. The topological polar surface area (TPSA) is 92.3 Å². The molecular formula is C15H22N4O3S. The molecule has 0 atom stereocenters. The van der Waals surface area contributed by atoms with E-state index in [1.807, 2.05) is 6.92 Å². The lowest BCUT2D eigenvalue weighted by Gasteiger charge is -2.44. The Morgan fingerprint density at radius 1 is 1.22 bits per heavy atom. The molecular weight excluding hydrogens is 316 g/mol. The average Bonchev–Trinajstić information content (AvgIpc) is 2.53. The van der Waals surface area contributed by atoms with Gasteiger partial charge in [0.25, 0.3) is 0 Å². The minimum absolute atomic E-state index is 0.0417. The number of urea groups is 1. The number of anilines is 1. The van der Waals surface area contributed by atoms with Crippen LogP contribution in [-0.2, 0) is 9.84 Å². The monoisotopic (exact) mass is 338 g/mol. The first-order valence-corrected chi connectivity index (χ1v) is 9.64. The molecule has 2 heterocycles. The molecule has 1 spiro atoms. The van der Waals surface area contributed by atoms with Crippen LogP contribution in [0.3, 0.4) is 0 Å². The highest BCUT2D eigenvalue weighted by atomic mass is 32.2. The van der Waals surface area contributed by atoms with Crippen LogP contribution in [0.25, 0.3) is 0 Å². The number of aryl methyl sites for hydroxylation is 1. The molecule has 2 amide bonds. The predicted molar refractivity (Wildman–Crippen MR) is 87.0 cm³/mol. The van der Waals surface area contributed by atoms with Crippen LogP contribution in [0.4, 0.5) is 10.6 Å². The molecule has 3 rings (SSSR count). The van der Waals surface area contributed by atoms with Crippen molar-refractivity contribution in [2.45, 2.75) is 43.8 Å². The van der Waals surface area contributed by atoms with Crippen molar-refractivity contribution in [1.29, 1.82) is 0 Å². The lowest BCUT2D eigenvalue weighted by Crippen LogP contribution is -2.59. The van der Waals surface area contributed by atoms with E-state index in [-0.39, 0.29) is 24.9 Å². The largest absolute Gasteiger partial charge is 0.323 e. The molecule has 8 heteroatoms. The van der Waals surface area contributed by atoms with Crippen LogP contribution in [0.1, 0.15) is 37.8 Å². The van der Waals surface area contributed by atoms with Gasteiger partial charge >= 0.3 is 6.03 Å². The van der Waals surface area contributed by atoms with E-state index in [4.69, 9.17) is 0 Å². The first kappa shape index (κ1) is 16.2. The summed E-state index contributed by atoms with van der Waals surface area (Å²) < 4.78 is 24.3. The van der Waals surface area contributed by atoms with Crippen molar-refractivity contribution in [3.05, 3.63) is 18.1 Å². The molecule has 23 heavy (non-hydrogen) atoms. The summed E-state index contributed by atoms with van der Waals surface area (Å²) in [5, 5.41) is 2.71. The summed E-state index contributed by atoms with van der Waals surface area (Å²) in [7, 11) is -3.14. The first-order chi connectivity index (χ1) is 10.9. The van der Waals surface area contributed by atoms with E-state index < -0.39 is 14.6 Å². The van der Waals surface area contributed by atoms with Gasteiger partial charge in [-0.05, 0) is 19.8 Å². The Morgan fingerprint density at radius 2 is 1.96 bits per heavy atom. The van der Waals surface area contributed by atoms with Gasteiger partial charge in [-0.15, -0.1) is 0 Å². The van der Waals surface area contributed by atoms with Gasteiger partial charge in [0.15, 0.2) is 15.7 Å². The third-order valence-corrected chi connectivity index (χ3v) is 7.41.